The van der Waals surface area contributed by atoms with E-state index in [-0.39, 0.29) is 0 Å². The molecule has 2 aromatic rings. The standard InChI is InChI=1S/C15H15N3O2/c1-18-12(5-6-16)10-17-15(18)11-3-4-13-14(9-11)20-8-2-7-19-13/h3-4,9-10H,2,5,7-8H2,1H3. The van der Waals surface area contributed by atoms with Gasteiger partial charge in [-0.3, -0.25) is 0 Å². The molecule has 102 valence electrons. The second kappa shape index (κ2) is 5.25. The van der Waals surface area contributed by atoms with Crippen LogP contribution in [0.25, 0.3) is 11.4 Å². The Kier molecular flexibility index (Phi) is 3.30. The Balaban J connectivity index is 1.99. The van der Waals surface area contributed by atoms with E-state index in [2.05, 4.69) is 11.1 Å². The van der Waals surface area contributed by atoms with Crippen LogP contribution in [0.1, 0.15) is 12.1 Å². The molecule has 1 aromatic carbocycles. The van der Waals surface area contributed by atoms with Gasteiger partial charge in [-0.15, -0.1) is 0 Å². The molecular formula is C15H15N3O2. The van der Waals surface area contributed by atoms with E-state index in [0.717, 1.165) is 35.0 Å². The molecule has 1 aliphatic heterocycles. The molecule has 0 radical (unpaired) electrons. The van der Waals surface area contributed by atoms with Gasteiger partial charge in [0.05, 0.1) is 31.4 Å². The molecule has 0 fully saturated rings. The van der Waals surface area contributed by atoms with Crippen LogP contribution in [0.5, 0.6) is 11.5 Å². The average molecular weight is 269 g/mol. The first-order valence-electron chi connectivity index (χ1n) is 6.57. The van der Waals surface area contributed by atoms with Gasteiger partial charge in [-0.2, -0.15) is 5.26 Å². The Bertz CT molecular complexity index is 670. The zero-order valence-electron chi connectivity index (χ0n) is 11.3. The molecule has 0 atom stereocenters. The fourth-order valence-corrected chi connectivity index (χ4v) is 2.26. The van der Waals surface area contributed by atoms with Crippen molar-refractivity contribution in [3.05, 3.63) is 30.1 Å². The molecule has 0 bridgehead atoms. The van der Waals surface area contributed by atoms with Crippen molar-refractivity contribution in [2.75, 3.05) is 13.2 Å². The Labute approximate surface area is 117 Å². The van der Waals surface area contributed by atoms with Crippen LogP contribution in [-0.4, -0.2) is 22.8 Å². The van der Waals surface area contributed by atoms with E-state index in [4.69, 9.17) is 14.7 Å². The number of imidazole rings is 1. The van der Waals surface area contributed by atoms with Gasteiger partial charge in [0.2, 0.25) is 0 Å². The highest BCUT2D eigenvalue weighted by atomic mass is 16.5. The lowest BCUT2D eigenvalue weighted by molar-refractivity contribution is 0.297. The average Bonchev–Trinajstić information content (AvgIpc) is 2.69. The lowest BCUT2D eigenvalue weighted by Crippen LogP contribution is -1.98. The molecule has 0 amide bonds. The Hall–Kier alpha value is -2.48. The van der Waals surface area contributed by atoms with Gasteiger partial charge in [-0.25, -0.2) is 4.98 Å². The minimum atomic E-state index is 0.355. The van der Waals surface area contributed by atoms with Crippen molar-refractivity contribution in [3.63, 3.8) is 0 Å². The highest BCUT2D eigenvalue weighted by Crippen LogP contribution is 2.33. The van der Waals surface area contributed by atoms with Gasteiger partial charge in [0.25, 0.3) is 0 Å². The summed E-state index contributed by atoms with van der Waals surface area (Å²) < 4.78 is 13.2. The van der Waals surface area contributed by atoms with Crippen LogP contribution in [0.3, 0.4) is 0 Å². The number of hydrogen-bond donors (Lipinski definition) is 0. The third-order valence-electron chi connectivity index (χ3n) is 3.35. The summed E-state index contributed by atoms with van der Waals surface area (Å²) in [7, 11) is 1.91. The van der Waals surface area contributed by atoms with Crippen LogP contribution in [0.15, 0.2) is 24.4 Å². The van der Waals surface area contributed by atoms with Gasteiger partial charge in [0, 0.05) is 25.2 Å². The maximum atomic E-state index is 8.79. The second-order valence-corrected chi connectivity index (χ2v) is 4.68. The van der Waals surface area contributed by atoms with E-state index in [9.17, 15) is 0 Å². The van der Waals surface area contributed by atoms with Crippen LogP contribution >= 0.6 is 0 Å². The summed E-state index contributed by atoms with van der Waals surface area (Å²) in [4.78, 5) is 4.39. The van der Waals surface area contributed by atoms with E-state index < -0.39 is 0 Å². The number of nitriles is 1. The molecule has 1 aliphatic rings. The number of nitrogens with zero attached hydrogens (tertiary/aromatic N) is 3. The first-order chi connectivity index (χ1) is 9.79. The van der Waals surface area contributed by atoms with E-state index in [1.54, 1.807) is 6.20 Å². The Morgan fingerprint density at radius 1 is 1.30 bits per heavy atom. The maximum absolute atomic E-state index is 8.79. The molecule has 1 aromatic heterocycles. The quantitative estimate of drug-likeness (QED) is 0.839. The van der Waals surface area contributed by atoms with E-state index in [0.29, 0.717) is 19.6 Å². The molecule has 20 heavy (non-hydrogen) atoms. The molecule has 0 N–H and O–H groups in total. The predicted octanol–water partition coefficient (Wildman–Crippen LogP) is 2.31. The molecule has 0 aliphatic carbocycles. The third kappa shape index (κ3) is 2.21. The van der Waals surface area contributed by atoms with Crippen LogP contribution in [0, 0.1) is 11.3 Å². The monoisotopic (exact) mass is 269 g/mol. The topological polar surface area (TPSA) is 60.1 Å². The SMILES string of the molecule is Cn1c(CC#N)cnc1-c1ccc2c(c1)OCCCO2. The van der Waals surface area contributed by atoms with E-state index in [1.165, 1.54) is 0 Å². The number of benzene rings is 1. The smallest absolute Gasteiger partial charge is 0.161 e. The molecule has 5 nitrogen and oxygen atoms in total. The second-order valence-electron chi connectivity index (χ2n) is 4.68. The molecule has 0 spiro atoms. The lowest BCUT2D eigenvalue weighted by Gasteiger charge is -2.09. The number of ether oxygens (including phenoxy) is 2. The zero-order chi connectivity index (χ0) is 13.9. The van der Waals surface area contributed by atoms with E-state index >= 15 is 0 Å². The summed E-state index contributed by atoms with van der Waals surface area (Å²) in [6, 6.07) is 7.96. The molecule has 2 heterocycles. The van der Waals surface area contributed by atoms with Gasteiger partial charge < -0.3 is 14.0 Å². The minimum absolute atomic E-state index is 0.355. The van der Waals surface area contributed by atoms with Gasteiger partial charge in [-0.1, -0.05) is 0 Å². The van der Waals surface area contributed by atoms with Crippen LogP contribution in [0.2, 0.25) is 0 Å². The summed E-state index contributed by atoms with van der Waals surface area (Å²) in [6.07, 6.45) is 2.98. The highest BCUT2D eigenvalue weighted by molar-refractivity contribution is 5.62. The fourth-order valence-electron chi connectivity index (χ4n) is 2.26. The van der Waals surface area contributed by atoms with Crippen LogP contribution in [0.4, 0.5) is 0 Å². The molecule has 0 saturated carbocycles. The summed E-state index contributed by atoms with van der Waals surface area (Å²) >= 11 is 0. The van der Waals surface area contributed by atoms with Crippen molar-refractivity contribution < 1.29 is 9.47 Å². The third-order valence-corrected chi connectivity index (χ3v) is 3.35. The number of rotatable bonds is 2. The summed E-state index contributed by atoms with van der Waals surface area (Å²) in [5.74, 6) is 2.36. The van der Waals surface area contributed by atoms with Crippen molar-refractivity contribution in [2.45, 2.75) is 12.8 Å². The minimum Gasteiger partial charge on any atom is -0.490 e. The van der Waals surface area contributed by atoms with Crippen LogP contribution in [-0.2, 0) is 13.5 Å². The molecular weight excluding hydrogens is 254 g/mol. The van der Waals surface area contributed by atoms with Crippen molar-refractivity contribution >= 4 is 0 Å². The number of fused-ring (bicyclic) bond motifs is 1. The normalized spacial score (nSPS) is 13.6. The Morgan fingerprint density at radius 2 is 2.10 bits per heavy atom. The first kappa shape index (κ1) is 12.5. The molecule has 5 heteroatoms. The van der Waals surface area contributed by atoms with Gasteiger partial charge in [0.15, 0.2) is 11.5 Å². The van der Waals surface area contributed by atoms with Crippen molar-refractivity contribution in [1.29, 1.82) is 5.26 Å². The largest absolute Gasteiger partial charge is 0.490 e. The predicted molar refractivity (Wildman–Crippen MR) is 73.6 cm³/mol. The van der Waals surface area contributed by atoms with Gasteiger partial charge in [-0.05, 0) is 18.2 Å². The summed E-state index contributed by atoms with van der Waals surface area (Å²) in [5.41, 5.74) is 1.86. The van der Waals surface area contributed by atoms with E-state index in [1.807, 2.05) is 29.8 Å². The lowest BCUT2D eigenvalue weighted by atomic mass is 10.2. The highest BCUT2D eigenvalue weighted by Gasteiger charge is 2.14. The number of hydrogen-bond acceptors (Lipinski definition) is 4. The fraction of sp³-hybridized carbons (Fsp3) is 0.333. The zero-order valence-corrected chi connectivity index (χ0v) is 11.3. The summed E-state index contributed by atoms with van der Waals surface area (Å²) in [6.45, 7) is 1.35. The Morgan fingerprint density at radius 3 is 2.90 bits per heavy atom. The first-order valence-corrected chi connectivity index (χ1v) is 6.57. The molecule has 0 unspecified atom stereocenters. The van der Waals surface area contributed by atoms with Gasteiger partial charge >= 0.3 is 0 Å². The number of aromatic nitrogens is 2. The maximum Gasteiger partial charge on any atom is 0.161 e. The van der Waals surface area contributed by atoms with Crippen molar-refractivity contribution in [2.24, 2.45) is 7.05 Å². The molecule has 0 saturated heterocycles. The van der Waals surface area contributed by atoms with Crippen molar-refractivity contribution in [3.8, 4) is 29.0 Å². The van der Waals surface area contributed by atoms with Gasteiger partial charge in [0.1, 0.15) is 5.82 Å². The molecule has 3 rings (SSSR count). The summed E-state index contributed by atoms with van der Waals surface area (Å²) in [5, 5.41) is 8.79. The van der Waals surface area contributed by atoms with Crippen molar-refractivity contribution in [1.82, 2.24) is 9.55 Å². The van der Waals surface area contributed by atoms with Crippen LogP contribution < -0.4 is 9.47 Å².